The van der Waals surface area contributed by atoms with Crippen LogP contribution in [0.3, 0.4) is 0 Å². The lowest BCUT2D eigenvalue weighted by Gasteiger charge is -2.43. The van der Waals surface area contributed by atoms with Crippen LogP contribution in [0.4, 0.5) is 0 Å². The number of aliphatic carboxylic acids is 1. The molecule has 3 rings (SSSR count). The van der Waals surface area contributed by atoms with Crippen molar-refractivity contribution in [3.63, 3.8) is 0 Å². The molecule has 1 fully saturated rings. The van der Waals surface area contributed by atoms with E-state index in [1.165, 1.54) is 5.56 Å². The van der Waals surface area contributed by atoms with Crippen LogP contribution in [0.1, 0.15) is 55.4 Å². The van der Waals surface area contributed by atoms with Crippen molar-refractivity contribution in [2.24, 2.45) is 5.92 Å². The minimum atomic E-state index is -1.01. The van der Waals surface area contributed by atoms with Gasteiger partial charge >= 0.3 is 5.97 Å². The number of hydrogen-bond acceptors (Lipinski definition) is 3. The van der Waals surface area contributed by atoms with E-state index in [1.54, 1.807) is 0 Å². The molecule has 30 heavy (non-hydrogen) atoms. The summed E-state index contributed by atoms with van der Waals surface area (Å²) in [6, 6.07) is 14.5. The molecule has 1 N–H and O–H groups in total. The first-order chi connectivity index (χ1) is 14.3. The number of carboxylic acid groups (broad SMARTS) is 1. The predicted octanol–water partition coefficient (Wildman–Crippen LogP) is 6.44. The van der Waals surface area contributed by atoms with Crippen LogP contribution in [0.5, 0.6) is 5.75 Å². The normalized spacial score (nSPS) is 23.7. The Labute approximate surface area is 187 Å². The molecule has 1 heterocycles. The largest absolute Gasteiger partial charge is 0.480 e. The summed E-state index contributed by atoms with van der Waals surface area (Å²) >= 11 is 3.56. The van der Waals surface area contributed by atoms with E-state index in [0.29, 0.717) is 5.75 Å². The van der Waals surface area contributed by atoms with Crippen molar-refractivity contribution < 1.29 is 19.4 Å². The van der Waals surface area contributed by atoms with Gasteiger partial charge in [0.15, 0.2) is 6.61 Å². The van der Waals surface area contributed by atoms with Crippen molar-refractivity contribution in [3.05, 3.63) is 75.8 Å². The van der Waals surface area contributed by atoms with E-state index in [1.807, 2.05) is 32.0 Å². The minimum Gasteiger partial charge on any atom is -0.480 e. The number of carboxylic acids is 1. The van der Waals surface area contributed by atoms with Gasteiger partial charge in [-0.05, 0) is 65.9 Å². The van der Waals surface area contributed by atoms with Crippen LogP contribution in [0.2, 0.25) is 0 Å². The van der Waals surface area contributed by atoms with Gasteiger partial charge in [-0.25, -0.2) is 4.79 Å². The first kappa shape index (κ1) is 22.6. The number of halogens is 1. The van der Waals surface area contributed by atoms with Crippen molar-refractivity contribution in [1.29, 1.82) is 0 Å². The fourth-order valence-electron chi connectivity index (χ4n) is 4.36. The van der Waals surface area contributed by atoms with E-state index >= 15 is 0 Å². The van der Waals surface area contributed by atoms with Crippen molar-refractivity contribution in [2.45, 2.75) is 51.7 Å². The molecule has 0 saturated carbocycles. The molecule has 5 heteroatoms. The van der Waals surface area contributed by atoms with Gasteiger partial charge in [0.05, 0.1) is 16.7 Å². The first-order valence-corrected chi connectivity index (χ1v) is 11.1. The van der Waals surface area contributed by atoms with E-state index in [9.17, 15) is 4.79 Å². The molecule has 1 aliphatic heterocycles. The lowest BCUT2D eigenvalue weighted by Crippen LogP contribution is -2.36. The first-order valence-electron chi connectivity index (χ1n) is 10.3. The molecule has 4 atom stereocenters. The van der Waals surface area contributed by atoms with Crippen molar-refractivity contribution in [3.8, 4) is 5.75 Å². The highest BCUT2D eigenvalue weighted by Crippen LogP contribution is 2.50. The lowest BCUT2D eigenvalue weighted by atomic mass is 9.75. The lowest BCUT2D eigenvalue weighted by molar-refractivity contribution is -0.139. The van der Waals surface area contributed by atoms with Gasteiger partial charge in [0.2, 0.25) is 0 Å². The maximum atomic E-state index is 11.1. The molecule has 0 unspecified atom stereocenters. The second kappa shape index (κ2) is 9.80. The average Bonchev–Trinajstić information content (AvgIpc) is 2.72. The molecule has 0 amide bonds. The van der Waals surface area contributed by atoms with Crippen molar-refractivity contribution in [1.82, 2.24) is 0 Å². The summed E-state index contributed by atoms with van der Waals surface area (Å²) in [6.07, 6.45) is 1.62. The molecule has 2 aromatic carbocycles. The number of carbonyl (C=O) groups is 1. The molecule has 0 aromatic heterocycles. The molecule has 0 spiro atoms. The highest BCUT2D eigenvalue weighted by atomic mass is 79.9. The standard InChI is InChI=1S/C25H29BrO4/c1-5-22-19(17-9-7-6-8-10-17)13-18(15(2)3)24(30-22)20-11-16(4)12-21(26)25(20)29-14-23(27)28/h6-12,18-19,22,24H,2,5,13-14H2,1,3-4H3,(H,27,28)/t18-,19-,22+,24+/m1/s1. The van der Waals surface area contributed by atoms with Crippen molar-refractivity contribution in [2.75, 3.05) is 6.61 Å². The van der Waals surface area contributed by atoms with Crippen LogP contribution >= 0.6 is 15.9 Å². The molecular weight excluding hydrogens is 444 g/mol. The van der Waals surface area contributed by atoms with E-state index in [4.69, 9.17) is 14.6 Å². The third-order valence-corrected chi connectivity index (χ3v) is 6.36. The van der Waals surface area contributed by atoms with E-state index < -0.39 is 12.6 Å². The third kappa shape index (κ3) is 4.96. The summed E-state index contributed by atoms with van der Waals surface area (Å²) in [5, 5.41) is 9.12. The van der Waals surface area contributed by atoms with Gasteiger partial charge in [-0.3, -0.25) is 0 Å². The van der Waals surface area contributed by atoms with Crippen LogP contribution in [-0.4, -0.2) is 23.8 Å². The van der Waals surface area contributed by atoms with Crippen LogP contribution < -0.4 is 4.74 Å². The number of ether oxygens (including phenoxy) is 2. The molecule has 2 aromatic rings. The summed E-state index contributed by atoms with van der Waals surface area (Å²) in [6.45, 7) is 10.1. The van der Waals surface area contributed by atoms with Gasteiger partial charge in [0.25, 0.3) is 0 Å². The van der Waals surface area contributed by atoms with Gasteiger partial charge in [-0.15, -0.1) is 0 Å². The molecule has 0 bridgehead atoms. The Morgan fingerprint density at radius 1 is 1.30 bits per heavy atom. The maximum absolute atomic E-state index is 11.1. The number of benzene rings is 2. The SMILES string of the molecule is C=C(C)[C@H]1C[C@H](c2ccccc2)[C@H](CC)O[C@@H]1c1cc(C)cc(Br)c1OCC(=O)O. The smallest absolute Gasteiger partial charge is 0.341 e. The summed E-state index contributed by atoms with van der Waals surface area (Å²) in [7, 11) is 0. The highest BCUT2D eigenvalue weighted by molar-refractivity contribution is 9.10. The minimum absolute atomic E-state index is 0.0552. The fraction of sp³-hybridized carbons (Fsp3) is 0.400. The van der Waals surface area contributed by atoms with E-state index in [2.05, 4.69) is 53.7 Å². The van der Waals surface area contributed by atoms with Gasteiger partial charge in [-0.1, -0.05) is 49.4 Å². The molecule has 0 radical (unpaired) electrons. The molecule has 4 nitrogen and oxygen atoms in total. The highest BCUT2D eigenvalue weighted by Gasteiger charge is 2.40. The van der Waals surface area contributed by atoms with Crippen LogP contribution in [0.25, 0.3) is 0 Å². The fourth-order valence-corrected chi connectivity index (χ4v) is 5.07. The average molecular weight is 473 g/mol. The summed E-state index contributed by atoms with van der Waals surface area (Å²) < 4.78 is 13.1. The molecule has 0 aliphatic carbocycles. The second-order valence-corrected chi connectivity index (χ2v) is 8.91. The Kier molecular flexibility index (Phi) is 7.37. The van der Waals surface area contributed by atoms with Gasteiger partial charge in [-0.2, -0.15) is 0 Å². The number of rotatable bonds is 7. The summed E-state index contributed by atoms with van der Waals surface area (Å²) in [5.41, 5.74) is 4.27. The zero-order chi connectivity index (χ0) is 21.8. The topological polar surface area (TPSA) is 55.8 Å². The predicted molar refractivity (Wildman–Crippen MR) is 122 cm³/mol. The summed E-state index contributed by atoms with van der Waals surface area (Å²) in [4.78, 5) is 11.1. The second-order valence-electron chi connectivity index (χ2n) is 8.06. The molecule has 1 aliphatic rings. The van der Waals surface area contributed by atoms with E-state index in [0.717, 1.165) is 34.0 Å². The van der Waals surface area contributed by atoms with Gasteiger partial charge < -0.3 is 14.6 Å². The Hall–Kier alpha value is -2.11. The quantitative estimate of drug-likeness (QED) is 0.471. The zero-order valence-electron chi connectivity index (χ0n) is 17.7. The number of hydrogen-bond donors (Lipinski definition) is 1. The third-order valence-electron chi connectivity index (χ3n) is 5.77. The summed E-state index contributed by atoms with van der Waals surface area (Å²) in [5.74, 6) is -0.0954. The van der Waals surface area contributed by atoms with E-state index in [-0.39, 0.29) is 24.0 Å². The Morgan fingerprint density at radius 3 is 2.60 bits per heavy atom. The monoisotopic (exact) mass is 472 g/mol. The molecule has 160 valence electrons. The Balaban J connectivity index is 2.02. The van der Waals surface area contributed by atoms with Crippen molar-refractivity contribution >= 4 is 21.9 Å². The molecular formula is C25H29BrO4. The maximum Gasteiger partial charge on any atom is 0.341 e. The molecule has 1 saturated heterocycles. The van der Waals surface area contributed by atoms with Crippen LogP contribution in [0, 0.1) is 12.8 Å². The van der Waals surface area contributed by atoms with Crippen LogP contribution in [0.15, 0.2) is 59.1 Å². The Morgan fingerprint density at radius 2 is 2.00 bits per heavy atom. The van der Waals surface area contributed by atoms with Gasteiger partial charge in [0, 0.05) is 17.4 Å². The van der Waals surface area contributed by atoms with Crippen LogP contribution in [-0.2, 0) is 9.53 Å². The Bertz CT molecular complexity index is 909. The van der Waals surface area contributed by atoms with Gasteiger partial charge in [0.1, 0.15) is 5.75 Å². The zero-order valence-corrected chi connectivity index (χ0v) is 19.3. The number of aryl methyl sites for hydroxylation is 1.